The van der Waals surface area contributed by atoms with Gasteiger partial charge in [-0.3, -0.25) is 4.79 Å². The normalized spacial score (nSPS) is 11.9. The molecule has 1 heteroatoms. The topological polar surface area (TPSA) is 17.1 Å². The summed E-state index contributed by atoms with van der Waals surface area (Å²) in [4.78, 5) is 9.97. The van der Waals surface area contributed by atoms with Crippen molar-refractivity contribution in [2.24, 2.45) is 0 Å². The molecule has 0 aromatic rings. The molecule has 1 nitrogen and oxygen atoms in total. The van der Waals surface area contributed by atoms with Gasteiger partial charge in [0.25, 0.3) is 0 Å². The molecule has 0 aliphatic carbocycles. The van der Waals surface area contributed by atoms with Crippen LogP contribution >= 0.6 is 0 Å². The van der Waals surface area contributed by atoms with Crippen LogP contribution in [0.2, 0.25) is 0 Å². The van der Waals surface area contributed by atoms with Crippen LogP contribution in [0.25, 0.3) is 0 Å². The van der Waals surface area contributed by atoms with Gasteiger partial charge in [0.2, 0.25) is 0 Å². The molecule has 0 rings (SSSR count). The summed E-state index contributed by atoms with van der Waals surface area (Å²) in [6, 6.07) is 0. The Balaban J connectivity index is 3.81. The fourth-order valence-corrected chi connectivity index (χ4v) is 0.325. The van der Waals surface area contributed by atoms with Crippen molar-refractivity contribution in [1.82, 2.24) is 0 Å². The van der Waals surface area contributed by atoms with Gasteiger partial charge in [0.1, 0.15) is 6.29 Å². The average Bonchev–Trinajstić information content (AvgIpc) is 1.89. The first kappa shape index (κ1) is 7.89. The molecule has 0 bridgehead atoms. The first-order chi connectivity index (χ1) is 4.31. The first-order valence-electron chi connectivity index (χ1n) is 2.72. The van der Waals surface area contributed by atoms with Gasteiger partial charge in [-0.25, -0.2) is 0 Å². The molecular formula is C8H10O. The molecule has 0 aliphatic rings. The highest BCUT2D eigenvalue weighted by atomic mass is 16.1. The number of hydrogen-bond donors (Lipinski definition) is 0. The predicted octanol–water partition coefficient (Wildman–Crippen LogP) is 1.87. The molecule has 0 N–H and O–H groups in total. The Morgan fingerprint density at radius 3 is 2.56 bits per heavy atom. The molecule has 0 saturated heterocycles. The third-order valence-electron chi connectivity index (χ3n) is 0.792. The zero-order chi connectivity index (χ0) is 7.11. The van der Waals surface area contributed by atoms with Crippen LogP contribution in [0, 0.1) is 0 Å². The quantitative estimate of drug-likeness (QED) is 0.317. The predicted molar refractivity (Wildman–Crippen MR) is 39.2 cm³/mol. The molecular weight excluding hydrogens is 112 g/mol. The molecule has 9 heavy (non-hydrogen) atoms. The maximum Gasteiger partial charge on any atom is 0.145 e. The zero-order valence-electron chi connectivity index (χ0n) is 5.50. The molecule has 0 saturated carbocycles. The van der Waals surface area contributed by atoms with E-state index in [1.165, 1.54) is 0 Å². The number of carbonyl (C=O) groups is 1. The largest absolute Gasteiger partial charge is 0.298 e. The maximum absolute atomic E-state index is 9.97. The molecule has 48 valence electrons. The Hall–Kier alpha value is -1.11. The molecule has 0 heterocycles. The number of carbonyl (C=O) groups excluding carboxylic acids is 1. The molecule has 0 aliphatic heterocycles. The van der Waals surface area contributed by atoms with Crippen LogP contribution in [0.3, 0.4) is 0 Å². The molecule has 0 unspecified atom stereocenters. The Morgan fingerprint density at radius 2 is 2.11 bits per heavy atom. The van der Waals surface area contributed by atoms with Crippen molar-refractivity contribution < 1.29 is 4.79 Å². The lowest BCUT2D eigenvalue weighted by molar-refractivity contribution is -0.104. The lowest BCUT2D eigenvalue weighted by Gasteiger charge is -1.77. The second kappa shape index (κ2) is 5.04. The average molecular weight is 122 g/mol. The lowest BCUT2D eigenvalue weighted by atomic mass is 10.3. The molecule has 0 fully saturated rings. The highest BCUT2D eigenvalue weighted by molar-refractivity contribution is 5.72. The zero-order valence-corrected chi connectivity index (χ0v) is 5.50. The van der Waals surface area contributed by atoms with E-state index in [2.05, 4.69) is 6.58 Å². The van der Waals surface area contributed by atoms with E-state index in [1.807, 2.05) is 0 Å². The number of allylic oxidation sites excluding steroid dienone is 5. The van der Waals surface area contributed by atoms with Gasteiger partial charge >= 0.3 is 0 Å². The van der Waals surface area contributed by atoms with Crippen LogP contribution in [0.15, 0.2) is 36.5 Å². The van der Waals surface area contributed by atoms with Gasteiger partial charge < -0.3 is 0 Å². The second-order valence-electron chi connectivity index (χ2n) is 1.65. The summed E-state index contributed by atoms with van der Waals surface area (Å²) in [5, 5.41) is 0. The van der Waals surface area contributed by atoms with E-state index in [4.69, 9.17) is 0 Å². The number of hydrogen-bond acceptors (Lipinski definition) is 1. The summed E-state index contributed by atoms with van der Waals surface area (Å²) >= 11 is 0. The summed E-state index contributed by atoms with van der Waals surface area (Å²) in [6.45, 7) is 5.23. The van der Waals surface area contributed by atoms with Crippen molar-refractivity contribution in [1.29, 1.82) is 0 Å². The van der Waals surface area contributed by atoms with Crippen molar-refractivity contribution in [3.8, 4) is 0 Å². The van der Waals surface area contributed by atoms with Crippen LogP contribution in [-0.4, -0.2) is 6.29 Å². The van der Waals surface area contributed by atoms with Crippen LogP contribution < -0.4 is 0 Å². The van der Waals surface area contributed by atoms with E-state index >= 15 is 0 Å². The summed E-state index contributed by atoms with van der Waals surface area (Å²) < 4.78 is 0. The van der Waals surface area contributed by atoms with Crippen molar-refractivity contribution in [2.45, 2.75) is 6.92 Å². The van der Waals surface area contributed by atoms with E-state index in [-0.39, 0.29) is 0 Å². The van der Waals surface area contributed by atoms with Gasteiger partial charge in [-0.2, -0.15) is 0 Å². The Kier molecular flexibility index (Phi) is 4.41. The molecule has 0 aromatic heterocycles. The van der Waals surface area contributed by atoms with Gasteiger partial charge in [0.15, 0.2) is 0 Å². The lowest BCUT2D eigenvalue weighted by Crippen LogP contribution is -1.71. The Morgan fingerprint density at radius 1 is 1.44 bits per heavy atom. The van der Waals surface area contributed by atoms with Crippen molar-refractivity contribution in [2.75, 3.05) is 0 Å². The Bertz CT molecular complexity index is 152. The smallest absolute Gasteiger partial charge is 0.145 e. The SMILES string of the molecule is C=C/C=C/C=C(/C)C=O. The fraction of sp³-hybridized carbons (Fsp3) is 0.125. The molecule has 0 aromatic carbocycles. The standard InChI is InChI=1S/C8H10O/c1-3-4-5-6-8(2)7-9/h3-7H,1H2,2H3/b5-4+,8-6-. The monoisotopic (exact) mass is 122 g/mol. The van der Waals surface area contributed by atoms with Crippen molar-refractivity contribution in [3.05, 3.63) is 36.5 Å². The van der Waals surface area contributed by atoms with E-state index < -0.39 is 0 Å². The van der Waals surface area contributed by atoms with Crippen molar-refractivity contribution >= 4 is 6.29 Å². The summed E-state index contributed by atoms with van der Waals surface area (Å²) in [5.41, 5.74) is 0.716. The minimum absolute atomic E-state index is 0.716. The highest BCUT2D eigenvalue weighted by Crippen LogP contribution is 1.86. The summed E-state index contributed by atoms with van der Waals surface area (Å²) in [7, 11) is 0. The third kappa shape index (κ3) is 4.75. The number of aldehydes is 1. The van der Waals surface area contributed by atoms with Crippen LogP contribution in [0.5, 0.6) is 0 Å². The Labute approximate surface area is 55.4 Å². The maximum atomic E-state index is 9.97. The fourth-order valence-electron chi connectivity index (χ4n) is 0.325. The van der Waals surface area contributed by atoms with Gasteiger partial charge in [-0.1, -0.05) is 30.9 Å². The highest BCUT2D eigenvalue weighted by Gasteiger charge is 1.75. The van der Waals surface area contributed by atoms with E-state index in [9.17, 15) is 4.79 Å². The summed E-state index contributed by atoms with van der Waals surface area (Å²) in [5.74, 6) is 0. The minimum atomic E-state index is 0.716. The summed E-state index contributed by atoms with van der Waals surface area (Å²) in [6.07, 6.45) is 7.75. The van der Waals surface area contributed by atoms with Crippen LogP contribution in [0.4, 0.5) is 0 Å². The van der Waals surface area contributed by atoms with Gasteiger partial charge in [0.05, 0.1) is 0 Å². The van der Waals surface area contributed by atoms with Crippen molar-refractivity contribution in [3.63, 3.8) is 0 Å². The minimum Gasteiger partial charge on any atom is -0.298 e. The van der Waals surface area contributed by atoms with Gasteiger partial charge in [-0.05, 0) is 12.5 Å². The van der Waals surface area contributed by atoms with E-state index in [0.29, 0.717) is 5.57 Å². The second-order valence-corrected chi connectivity index (χ2v) is 1.65. The third-order valence-corrected chi connectivity index (χ3v) is 0.792. The first-order valence-corrected chi connectivity index (χ1v) is 2.72. The molecule has 0 amide bonds. The number of rotatable bonds is 3. The van der Waals surface area contributed by atoms with E-state index in [0.717, 1.165) is 6.29 Å². The van der Waals surface area contributed by atoms with Crippen LogP contribution in [0.1, 0.15) is 6.92 Å². The van der Waals surface area contributed by atoms with Gasteiger partial charge in [-0.15, -0.1) is 0 Å². The molecule has 0 radical (unpaired) electrons. The van der Waals surface area contributed by atoms with E-state index in [1.54, 1.807) is 31.2 Å². The van der Waals surface area contributed by atoms with Crippen LogP contribution in [-0.2, 0) is 4.79 Å². The molecule has 0 spiro atoms. The molecule has 0 atom stereocenters. The van der Waals surface area contributed by atoms with Gasteiger partial charge in [0, 0.05) is 0 Å².